The van der Waals surface area contributed by atoms with E-state index in [0.717, 1.165) is 22.3 Å². The number of halogens is 1. The van der Waals surface area contributed by atoms with Crippen molar-refractivity contribution in [2.45, 2.75) is 32.2 Å². The normalized spacial score (nSPS) is 11.2. The summed E-state index contributed by atoms with van der Waals surface area (Å²) in [6.07, 6.45) is 0. The van der Waals surface area contributed by atoms with Crippen LogP contribution in [0.4, 0.5) is 5.69 Å². The second-order valence-corrected chi connectivity index (χ2v) is 9.28. The molecule has 0 radical (unpaired) electrons. The minimum absolute atomic E-state index is 0.0431. The Morgan fingerprint density at radius 2 is 1.70 bits per heavy atom. The molecule has 0 aliphatic rings. The van der Waals surface area contributed by atoms with Crippen LogP contribution in [-0.4, -0.2) is 14.3 Å². The Hall–Kier alpha value is -2.83. The monoisotopic (exact) mass is 442 g/mol. The van der Waals surface area contributed by atoms with Crippen LogP contribution in [0.25, 0.3) is 0 Å². The predicted octanol–water partition coefficient (Wildman–Crippen LogP) is 5.00. The Morgan fingerprint density at radius 3 is 2.40 bits per heavy atom. The lowest BCUT2D eigenvalue weighted by Gasteiger charge is -2.12. The van der Waals surface area contributed by atoms with Crippen molar-refractivity contribution in [1.29, 1.82) is 0 Å². The summed E-state index contributed by atoms with van der Waals surface area (Å²) in [5.74, 6) is -0.379. The molecule has 2 N–H and O–H groups in total. The highest BCUT2D eigenvalue weighted by molar-refractivity contribution is 7.92. The predicted molar refractivity (Wildman–Crippen MR) is 121 cm³/mol. The van der Waals surface area contributed by atoms with Gasteiger partial charge in [0, 0.05) is 17.8 Å². The van der Waals surface area contributed by atoms with Crippen molar-refractivity contribution in [1.82, 2.24) is 5.32 Å². The number of nitrogens with one attached hydrogen (secondary N) is 2. The highest BCUT2D eigenvalue weighted by Crippen LogP contribution is 2.26. The van der Waals surface area contributed by atoms with Gasteiger partial charge in [-0.05, 0) is 67.8 Å². The van der Waals surface area contributed by atoms with Crippen molar-refractivity contribution in [3.05, 3.63) is 93.5 Å². The lowest BCUT2D eigenvalue weighted by atomic mass is 10.1. The van der Waals surface area contributed by atoms with Crippen molar-refractivity contribution < 1.29 is 13.2 Å². The van der Waals surface area contributed by atoms with Crippen LogP contribution in [0.5, 0.6) is 0 Å². The fraction of sp³-hybridized carbons (Fsp3) is 0.174. The quantitative estimate of drug-likeness (QED) is 0.564. The van der Waals surface area contributed by atoms with E-state index in [0.29, 0.717) is 12.2 Å². The molecule has 0 saturated heterocycles. The van der Waals surface area contributed by atoms with Crippen molar-refractivity contribution in [2.75, 3.05) is 4.72 Å². The van der Waals surface area contributed by atoms with Crippen LogP contribution in [0.15, 0.2) is 65.6 Å². The van der Waals surface area contributed by atoms with Gasteiger partial charge in [-0.3, -0.25) is 9.52 Å². The van der Waals surface area contributed by atoms with E-state index < -0.39 is 10.0 Å². The summed E-state index contributed by atoms with van der Waals surface area (Å²) >= 11 is 6.15. The van der Waals surface area contributed by atoms with Crippen LogP contribution in [0, 0.1) is 20.8 Å². The first-order valence-electron chi connectivity index (χ1n) is 9.39. The minimum atomic E-state index is -3.96. The molecule has 0 spiro atoms. The van der Waals surface area contributed by atoms with Crippen LogP contribution in [-0.2, 0) is 16.6 Å². The van der Waals surface area contributed by atoms with E-state index in [1.807, 2.05) is 51.1 Å². The number of sulfonamides is 1. The third-order valence-electron chi connectivity index (χ3n) is 4.78. The molecule has 3 aromatic carbocycles. The molecule has 0 heterocycles. The van der Waals surface area contributed by atoms with Gasteiger partial charge in [-0.2, -0.15) is 0 Å². The van der Waals surface area contributed by atoms with Gasteiger partial charge >= 0.3 is 0 Å². The number of amides is 1. The Morgan fingerprint density at radius 1 is 0.933 bits per heavy atom. The maximum Gasteiger partial charge on any atom is 0.263 e. The third kappa shape index (κ3) is 5.20. The molecule has 0 aliphatic carbocycles. The lowest BCUT2D eigenvalue weighted by Crippen LogP contribution is -2.23. The number of benzene rings is 3. The SMILES string of the molecule is Cc1cccc(CNC(=O)c2ccc(Cl)c(S(=O)(=O)Nc3ccc(C)c(C)c3)c2)c1. The van der Waals surface area contributed by atoms with Gasteiger partial charge in [0.15, 0.2) is 0 Å². The minimum Gasteiger partial charge on any atom is -0.348 e. The van der Waals surface area contributed by atoms with E-state index in [9.17, 15) is 13.2 Å². The summed E-state index contributed by atoms with van der Waals surface area (Å²) < 4.78 is 28.3. The number of anilines is 1. The molecule has 0 atom stereocenters. The van der Waals surface area contributed by atoms with Gasteiger partial charge in [-0.1, -0.05) is 47.5 Å². The molecule has 0 saturated carbocycles. The molecular formula is C23H23ClN2O3S. The Labute approximate surface area is 182 Å². The number of carbonyl (C=O) groups excluding carboxylic acids is 1. The number of rotatable bonds is 6. The first-order valence-corrected chi connectivity index (χ1v) is 11.3. The summed E-state index contributed by atoms with van der Waals surface area (Å²) in [4.78, 5) is 12.4. The van der Waals surface area contributed by atoms with E-state index in [1.54, 1.807) is 12.1 Å². The third-order valence-corrected chi connectivity index (χ3v) is 6.64. The standard InChI is InChI=1S/C23H23ClN2O3S/c1-15-5-4-6-18(11-15)14-25-23(27)19-8-10-21(24)22(13-19)30(28,29)26-20-9-7-16(2)17(3)12-20/h4-13,26H,14H2,1-3H3,(H,25,27). The highest BCUT2D eigenvalue weighted by Gasteiger charge is 2.20. The van der Waals surface area contributed by atoms with Crippen LogP contribution >= 0.6 is 11.6 Å². The van der Waals surface area contributed by atoms with Crippen LogP contribution in [0.1, 0.15) is 32.6 Å². The molecule has 5 nitrogen and oxygen atoms in total. The summed E-state index contributed by atoms with van der Waals surface area (Å²) in [7, 11) is -3.96. The maximum absolute atomic E-state index is 12.9. The van der Waals surface area contributed by atoms with Gasteiger partial charge in [0.2, 0.25) is 0 Å². The van der Waals surface area contributed by atoms with Gasteiger partial charge < -0.3 is 5.32 Å². The molecule has 3 rings (SSSR count). The van der Waals surface area contributed by atoms with E-state index in [4.69, 9.17) is 11.6 Å². The number of carbonyl (C=O) groups is 1. The van der Waals surface area contributed by atoms with Crippen molar-refractivity contribution >= 4 is 33.2 Å². The van der Waals surface area contributed by atoms with E-state index >= 15 is 0 Å². The van der Waals surface area contributed by atoms with Crippen LogP contribution < -0.4 is 10.0 Å². The molecule has 0 unspecified atom stereocenters. The van der Waals surface area contributed by atoms with Crippen molar-refractivity contribution in [3.8, 4) is 0 Å². The lowest BCUT2D eigenvalue weighted by molar-refractivity contribution is 0.0950. The average molecular weight is 443 g/mol. The zero-order valence-electron chi connectivity index (χ0n) is 17.0. The molecule has 0 bridgehead atoms. The molecule has 0 aliphatic heterocycles. The van der Waals surface area contributed by atoms with Gasteiger partial charge in [-0.25, -0.2) is 8.42 Å². The largest absolute Gasteiger partial charge is 0.348 e. The highest BCUT2D eigenvalue weighted by atomic mass is 35.5. The second-order valence-electron chi connectivity index (χ2n) is 7.22. The first kappa shape index (κ1) is 21.9. The molecular weight excluding hydrogens is 420 g/mol. The fourth-order valence-electron chi connectivity index (χ4n) is 2.97. The van der Waals surface area contributed by atoms with Gasteiger partial charge in [-0.15, -0.1) is 0 Å². The molecule has 0 fully saturated rings. The number of aryl methyl sites for hydroxylation is 3. The molecule has 7 heteroatoms. The molecule has 156 valence electrons. The second kappa shape index (κ2) is 8.90. The van der Waals surface area contributed by atoms with Gasteiger partial charge in [0.05, 0.1) is 5.02 Å². The average Bonchev–Trinajstić information content (AvgIpc) is 2.69. The smallest absolute Gasteiger partial charge is 0.263 e. The Kier molecular flexibility index (Phi) is 6.48. The van der Waals surface area contributed by atoms with Crippen LogP contribution in [0.2, 0.25) is 5.02 Å². The number of hydrogen-bond acceptors (Lipinski definition) is 3. The summed E-state index contributed by atoms with van der Waals surface area (Å²) in [5.41, 5.74) is 4.73. The summed E-state index contributed by atoms with van der Waals surface area (Å²) in [6, 6.07) is 17.3. The molecule has 1 amide bonds. The zero-order valence-corrected chi connectivity index (χ0v) is 18.6. The van der Waals surface area contributed by atoms with E-state index in [1.165, 1.54) is 18.2 Å². The van der Waals surface area contributed by atoms with Gasteiger partial charge in [0.1, 0.15) is 4.90 Å². The number of hydrogen-bond donors (Lipinski definition) is 2. The molecule has 30 heavy (non-hydrogen) atoms. The maximum atomic E-state index is 12.9. The Balaban J connectivity index is 1.81. The van der Waals surface area contributed by atoms with Crippen molar-refractivity contribution in [2.24, 2.45) is 0 Å². The topological polar surface area (TPSA) is 75.3 Å². The fourth-order valence-corrected chi connectivity index (χ4v) is 4.55. The molecule has 3 aromatic rings. The summed E-state index contributed by atoms with van der Waals surface area (Å²) in [6.45, 7) is 6.17. The zero-order chi connectivity index (χ0) is 21.9. The van der Waals surface area contributed by atoms with Crippen molar-refractivity contribution in [3.63, 3.8) is 0 Å². The summed E-state index contributed by atoms with van der Waals surface area (Å²) in [5, 5.41) is 2.85. The molecule has 0 aromatic heterocycles. The van der Waals surface area contributed by atoms with Gasteiger partial charge in [0.25, 0.3) is 15.9 Å². The van der Waals surface area contributed by atoms with E-state index in [-0.39, 0.29) is 21.4 Å². The Bertz CT molecular complexity index is 1210. The first-order chi connectivity index (χ1) is 14.2. The van der Waals surface area contributed by atoms with E-state index in [2.05, 4.69) is 10.0 Å². The van der Waals surface area contributed by atoms with Crippen LogP contribution in [0.3, 0.4) is 0 Å².